The first kappa shape index (κ1) is 27.0. The van der Waals surface area contributed by atoms with Crippen molar-refractivity contribution in [2.24, 2.45) is 0 Å². The standard InChI is InChI=1S/C19H31F7O2/c1-3-5-6-7-8-9-10-11-12-14-15(13-4-2)28-16(27)17(20,21)18(22,23)19(24,25)26/h15H,3-14H2,1-2H3. The molecule has 2 nitrogen and oxygen atoms in total. The Morgan fingerprint density at radius 1 is 0.714 bits per heavy atom. The lowest BCUT2D eigenvalue weighted by molar-refractivity contribution is -0.349. The molecule has 9 heteroatoms. The van der Waals surface area contributed by atoms with Crippen LogP contribution in [-0.2, 0) is 9.53 Å². The van der Waals surface area contributed by atoms with Gasteiger partial charge in [-0.25, -0.2) is 4.79 Å². The topological polar surface area (TPSA) is 26.3 Å². The van der Waals surface area contributed by atoms with Crippen molar-refractivity contribution in [1.29, 1.82) is 0 Å². The molecular weight excluding hydrogens is 393 g/mol. The number of carbonyl (C=O) groups excluding carboxylic acids is 1. The van der Waals surface area contributed by atoms with E-state index < -0.39 is 30.1 Å². The van der Waals surface area contributed by atoms with Crippen molar-refractivity contribution >= 4 is 5.97 Å². The Labute approximate surface area is 162 Å². The van der Waals surface area contributed by atoms with E-state index in [1.54, 1.807) is 6.92 Å². The third-order valence-electron chi connectivity index (χ3n) is 4.52. The van der Waals surface area contributed by atoms with E-state index in [4.69, 9.17) is 0 Å². The van der Waals surface area contributed by atoms with Gasteiger partial charge in [0.15, 0.2) is 0 Å². The average Bonchev–Trinajstić information content (AvgIpc) is 2.59. The zero-order valence-electron chi connectivity index (χ0n) is 16.5. The van der Waals surface area contributed by atoms with Gasteiger partial charge in [0, 0.05) is 0 Å². The van der Waals surface area contributed by atoms with Crippen LogP contribution in [0.1, 0.15) is 90.9 Å². The van der Waals surface area contributed by atoms with Gasteiger partial charge < -0.3 is 4.74 Å². The number of unbranched alkanes of at least 4 members (excludes halogenated alkanes) is 8. The molecule has 168 valence electrons. The molecule has 0 aliphatic rings. The first-order chi connectivity index (χ1) is 12.9. The summed E-state index contributed by atoms with van der Waals surface area (Å²) < 4.78 is 93.4. The van der Waals surface area contributed by atoms with Crippen molar-refractivity contribution in [1.82, 2.24) is 0 Å². The summed E-state index contributed by atoms with van der Waals surface area (Å²) in [6.07, 6.45) is 2.00. The molecule has 0 rings (SSSR count). The molecule has 28 heavy (non-hydrogen) atoms. The molecule has 0 aliphatic heterocycles. The van der Waals surface area contributed by atoms with Crippen LogP contribution in [-0.4, -0.2) is 30.1 Å². The highest BCUT2D eigenvalue weighted by molar-refractivity contribution is 5.79. The second-order valence-corrected chi connectivity index (χ2v) is 7.08. The van der Waals surface area contributed by atoms with E-state index in [2.05, 4.69) is 11.7 Å². The molecule has 0 aromatic rings. The number of carbonyl (C=O) groups is 1. The predicted molar refractivity (Wildman–Crippen MR) is 92.6 cm³/mol. The van der Waals surface area contributed by atoms with E-state index in [-0.39, 0.29) is 12.8 Å². The Bertz CT molecular complexity index is 436. The monoisotopic (exact) mass is 424 g/mol. The van der Waals surface area contributed by atoms with Crippen molar-refractivity contribution in [2.75, 3.05) is 0 Å². The summed E-state index contributed by atoms with van der Waals surface area (Å²) in [5.41, 5.74) is 0. The van der Waals surface area contributed by atoms with Gasteiger partial charge in [0.05, 0.1) is 0 Å². The first-order valence-corrected chi connectivity index (χ1v) is 9.95. The molecule has 1 atom stereocenters. The van der Waals surface area contributed by atoms with Crippen LogP contribution in [0.15, 0.2) is 0 Å². The van der Waals surface area contributed by atoms with Crippen molar-refractivity contribution in [3.63, 3.8) is 0 Å². The summed E-state index contributed by atoms with van der Waals surface area (Å²) in [5.74, 6) is -15.3. The van der Waals surface area contributed by atoms with Crippen LogP contribution >= 0.6 is 0 Å². The second kappa shape index (κ2) is 12.5. The Morgan fingerprint density at radius 3 is 1.61 bits per heavy atom. The molecule has 0 N–H and O–H groups in total. The third kappa shape index (κ3) is 8.55. The van der Waals surface area contributed by atoms with Crippen LogP contribution in [0.3, 0.4) is 0 Å². The number of halogens is 7. The van der Waals surface area contributed by atoms with E-state index in [1.165, 1.54) is 12.8 Å². The van der Waals surface area contributed by atoms with Crippen molar-refractivity contribution in [3.8, 4) is 0 Å². The lowest BCUT2D eigenvalue weighted by atomic mass is 10.0. The maximum absolute atomic E-state index is 13.4. The molecule has 0 heterocycles. The van der Waals surface area contributed by atoms with Gasteiger partial charge in [-0.2, -0.15) is 30.7 Å². The number of esters is 1. The van der Waals surface area contributed by atoms with E-state index >= 15 is 0 Å². The average molecular weight is 424 g/mol. The Morgan fingerprint density at radius 2 is 1.18 bits per heavy atom. The van der Waals surface area contributed by atoms with E-state index in [9.17, 15) is 35.5 Å². The van der Waals surface area contributed by atoms with Gasteiger partial charge >= 0.3 is 24.0 Å². The zero-order chi connectivity index (χ0) is 21.8. The number of ether oxygens (including phenoxy) is 1. The molecule has 0 aromatic carbocycles. The molecule has 0 saturated heterocycles. The molecule has 1 unspecified atom stereocenters. The Hall–Kier alpha value is -1.02. The van der Waals surface area contributed by atoms with Crippen LogP contribution in [0.25, 0.3) is 0 Å². The molecule has 0 spiro atoms. The van der Waals surface area contributed by atoms with Crippen molar-refractivity contribution < 1.29 is 40.3 Å². The van der Waals surface area contributed by atoms with Gasteiger partial charge in [0.2, 0.25) is 0 Å². The first-order valence-electron chi connectivity index (χ1n) is 9.95. The molecule has 0 aliphatic carbocycles. The largest absolute Gasteiger partial charge is 0.460 e. The lowest BCUT2D eigenvalue weighted by Crippen LogP contribution is -2.57. The second-order valence-electron chi connectivity index (χ2n) is 7.08. The molecule has 0 bridgehead atoms. The van der Waals surface area contributed by atoms with Crippen LogP contribution in [0, 0.1) is 0 Å². The Balaban J connectivity index is 4.44. The highest BCUT2D eigenvalue weighted by atomic mass is 19.4. The molecule has 0 amide bonds. The predicted octanol–water partition coefficient (Wildman–Crippen LogP) is 7.45. The zero-order valence-corrected chi connectivity index (χ0v) is 16.5. The van der Waals surface area contributed by atoms with Crippen molar-refractivity contribution in [3.05, 3.63) is 0 Å². The fourth-order valence-electron chi connectivity index (χ4n) is 2.80. The summed E-state index contributed by atoms with van der Waals surface area (Å²) in [7, 11) is 0. The minimum atomic E-state index is -6.55. The summed E-state index contributed by atoms with van der Waals surface area (Å²) in [4.78, 5) is 11.4. The fourth-order valence-corrected chi connectivity index (χ4v) is 2.80. The normalized spacial score (nSPS) is 14.2. The number of hydrogen-bond acceptors (Lipinski definition) is 2. The fraction of sp³-hybridized carbons (Fsp3) is 0.947. The van der Waals surface area contributed by atoms with E-state index in [1.807, 2.05) is 0 Å². The van der Waals surface area contributed by atoms with Gasteiger partial charge in [-0.1, -0.05) is 71.6 Å². The number of hydrogen-bond donors (Lipinski definition) is 0. The van der Waals surface area contributed by atoms with Gasteiger partial charge in [-0.05, 0) is 19.3 Å². The lowest BCUT2D eigenvalue weighted by Gasteiger charge is -2.28. The maximum Gasteiger partial charge on any atom is 0.460 e. The van der Waals surface area contributed by atoms with Gasteiger partial charge in [-0.15, -0.1) is 0 Å². The highest BCUT2D eigenvalue weighted by Gasteiger charge is 2.77. The van der Waals surface area contributed by atoms with Crippen LogP contribution in [0.2, 0.25) is 0 Å². The summed E-state index contributed by atoms with van der Waals surface area (Å²) in [5, 5.41) is 0. The quantitative estimate of drug-likeness (QED) is 0.155. The highest BCUT2D eigenvalue weighted by Crippen LogP contribution is 2.47. The van der Waals surface area contributed by atoms with Gasteiger partial charge in [0.25, 0.3) is 0 Å². The van der Waals surface area contributed by atoms with Crippen LogP contribution in [0.4, 0.5) is 30.7 Å². The van der Waals surface area contributed by atoms with Crippen molar-refractivity contribution in [2.45, 2.75) is 115 Å². The smallest absolute Gasteiger partial charge is 0.458 e. The summed E-state index contributed by atoms with van der Waals surface area (Å²) >= 11 is 0. The summed E-state index contributed by atoms with van der Waals surface area (Å²) in [6.45, 7) is 3.79. The number of alkyl halides is 7. The number of rotatable bonds is 15. The van der Waals surface area contributed by atoms with E-state index in [0.717, 1.165) is 38.5 Å². The Kier molecular flexibility index (Phi) is 12.1. The molecular formula is C19H31F7O2. The molecule has 0 saturated carbocycles. The SMILES string of the molecule is CCCCCCCCCCCC(CCC)OC(=O)C(F)(F)C(F)(F)C(F)(F)F. The molecule has 0 aromatic heterocycles. The maximum atomic E-state index is 13.4. The van der Waals surface area contributed by atoms with Crippen LogP contribution in [0.5, 0.6) is 0 Å². The summed E-state index contributed by atoms with van der Waals surface area (Å²) in [6, 6.07) is 0. The van der Waals surface area contributed by atoms with Gasteiger partial charge in [-0.3, -0.25) is 0 Å². The van der Waals surface area contributed by atoms with E-state index in [0.29, 0.717) is 12.8 Å². The third-order valence-corrected chi connectivity index (χ3v) is 4.52. The minimum absolute atomic E-state index is 0.121. The molecule has 0 fully saturated rings. The van der Waals surface area contributed by atoms with Crippen LogP contribution < -0.4 is 0 Å². The minimum Gasteiger partial charge on any atom is -0.458 e. The molecule has 0 radical (unpaired) electrons. The van der Waals surface area contributed by atoms with Gasteiger partial charge in [0.1, 0.15) is 6.10 Å².